The lowest BCUT2D eigenvalue weighted by atomic mass is 10.1. The van der Waals surface area contributed by atoms with Gasteiger partial charge in [-0.25, -0.2) is 0 Å². The number of amides is 1. The van der Waals surface area contributed by atoms with E-state index >= 15 is 0 Å². The lowest BCUT2D eigenvalue weighted by Gasteiger charge is -2.18. The van der Waals surface area contributed by atoms with Crippen LogP contribution >= 0.6 is 0 Å². The van der Waals surface area contributed by atoms with Crippen molar-refractivity contribution in [3.05, 3.63) is 30.1 Å². The Morgan fingerprint density at radius 2 is 2.43 bits per heavy atom. The molecule has 4 heteroatoms. The Kier molecular flexibility index (Phi) is 2.21. The first-order valence-corrected chi connectivity index (χ1v) is 4.55. The summed E-state index contributed by atoms with van der Waals surface area (Å²) < 4.78 is 0. The van der Waals surface area contributed by atoms with E-state index in [0.717, 1.165) is 5.56 Å². The molecule has 0 saturated carbocycles. The van der Waals surface area contributed by atoms with Gasteiger partial charge in [0.2, 0.25) is 0 Å². The van der Waals surface area contributed by atoms with E-state index in [9.17, 15) is 9.90 Å². The van der Waals surface area contributed by atoms with Gasteiger partial charge in [-0.05, 0) is 11.6 Å². The first-order valence-electron chi connectivity index (χ1n) is 4.55. The Labute approximate surface area is 82.2 Å². The third-order valence-electron chi connectivity index (χ3n) is 2.62. The molecular weight excluding hydrogens is 180 g/mol. The van der Waals surface area contributed by atoms with Crippen molar-refractivity contribution >= 4 is 5.91 Å². The number of likely N-dealkylation sites (tertiary alicyclic amines) is 1. The van der Waals surface area contributed by atoms with Crippen LogP contribution in [0.15, 0.2) is 24.5 Å². The highest BCUT2D eigenvalue weighted by Gasteiger charge is 2.36. The van der Waals surface area contributed by atoms with Crippen molar-refractivity contribution < 1.29 is 9.90 Å². The SMILES string of the molecule is CN1C(=O)[C@@H](O)C[C@@H]1c1cccnc1. The fourth-order valence-corrected chi connectivity index (χ4v) is 1.79. The van der Waals surface area contributed by atoms with E-state index in [-0.39, 0.29) is 11.9 Å². The van der Waals surface area contributed by atoms with Crippen molar-refractivity contribution in [1.82, 2.24) is 9.88 Å². The minimum Gasteiger partial charge on any atom is -0.383 e. The normalized spacial score (nSPS) is 27.0. The molecule has 0 bridgehead atoms. The van der Waals surface area contributed by atoms with Crippen LogP contribution in [0.3, 0.4) is 0 Å². The van der Waals surface area contributed by atoms with Crippen LogP contribution in [0.5, 0.6) is 0 Å². The number of rotatable bonds is 1. The molecule has 0 unspecified atom stereocenters. The standard InChI is InChI=1S/C10H12N2O2/c1-12-8(5-9(13)10(12)14)7-3-2-4-11-6-7/h2-4,6,8-9,13H,5H2,1H3/t8-,9+/m1/s1. The van der Waals surface area contributed by atoms with Crippen molar-refractivity contribution in [2.45, 2.75) is 18.6 Å². The van der Waals surface area contributed by atoms with Gasteiger partial charge in [0.1, 0.15) is 6.10 Å². The minimum absolute atomic E-state index is 0.0359. The molecule has 1 aromatic heterocycles. The van der Waals surface area contributed by atoms with Gasteiger partial charge >= 0.3 is 0 Å². The zero-order chi connectivity index (χ0) is 10.1. The number of nitrogens with zero attached hydrogens (tertiary/aromatic N) is 2. The number of pyridine rings is 1. The van der Waals surface area contributed by atoms with Gasteiger partial charge < -0.3 is 10.0 Å². The molecule has 1 saturated heterocycles. The van der Waals surface area contributed by atoms with Crippen LogP contribution in [-0.4, -0.2) is 34.0 Å². The van der Waals surface area contributed by atoms with Gasteiger partial charge in [-0.15, -0.1) is 0 Å². The maximum atomic E-state index is 11.3. The van der Waals surface area contributed by atoms with E-state index in [2.05, 4.69) is 4.98 Å². The zero-order valence-electron chi connectivity index (χ0n) is 7.92. The van der Waals surface area contributed by atoms with Gasteiger partial charge in [0.15, 0.2) is 0 Å². The van der Waals surface area contributed by atoms with Crippen LogP contribution in [0.25, 0.3) is 0 Å². The second kappa shape index (κ2) is 3.38. The molecule has 74 valence electrons. The van der Waals surface area contributed by atoms with Crippen molar-refractivity contribution in [3.63, 3.8) is 0 Å². The summed E-state index contributed by atoms with van der Waals surface area (Å²) in [6, 6.07) is 3.71. The topological polar surface area (TPSA) is 53.4 Å². The number of hydrogen-bond acceptors (Lipinski definition) is 3. The van der Waals surface area contributed by atoms with E-state index in [1.54, 1.807) is 24.3 Å². The van der Waals surface area contributed by atoms with Gasteiger partial charge in [-0.3, -0.25) is 9.78 Å². The van der Waals surface area contributed by atoms with Crippen molar-refractivity contribution in [2.75, 3.05) is 7.05 Å². The second-order valence-corrected chi connectivity index (χ2v) is 3.50. The molecule has 1 N–H and O–H groups in total. The van der Waals surface area contributed by atoms with Crippen LogP contribution in [0.4, 0.5) is 0 Å². The van der Waals surface area contributed by atoms with Gasteiger partial charge in [0.25, 0.3) is 5.91 Å². The predicted octanol–water partition coefficient (Wildman–Crippen LogP) is 0.346. The number of likely N-dealkylation sites (N-methyl/N-ethyl adjacent to an activating group) is 1. The summed E-state index contributed by atoms with van der Waals surface area (Å²) in [5, 5.41) is 9.39. The Balaban J connectivity index is 2.26. The predicted molar refractivity (Wildman–Crippen MR) is 50.4 cm³/mol. The van der Waals surface area contributed by atoms with Gasteiger partial charge in [0, 0.05) is 25.9 Å². The van der Waals surface area contributed by atoms with Crippen LogP contribution in [0.1, 0.15) is 18.0 Å². The van der Waals surface area contributed by atoms with E-state index in [1.165, 1.54) is 0 Å². The molecule has 0 aromatic carbocycles. The maximum absolute atomic E-state index is 11.3. The summed E-state index contributed by atoms with van der Waals surface area (Å²) in [4.78, 5) is 16.9. The summed E-state index contributed by atoms with van der Waals surface area (Å²) >= 11 is 0. The Bertz CT molecular complexity index is 339. The summed E-state index contributed by atoms with van der Waals surface area (Å²) in [6.45, 7) is 0. The molecule has 1 aliphatic heterocycles. The van der Waals surface area contributed by atoms with E-state index < -0.39 is 6.10 Å². The molecule has 0 radical (unpaired) electrons. The van der Waals surface area contributed by atoms with E-state index in [1.807, 2.05) is 12.1 Å². The molecule has 2 rings (SSSR count). The molecule has 0 spiro atoms. The molecule has 1 aliphatic rings. The van der Waals surface area contributed by atoms with Gasteiger partial charge in [-0.2, -0.15) is 0 Å². The van der Waals surface area contributed by atoms with E-state index in [4.69, 9.17) is 0 Å². The monoisotopic (exact) mass is 192 g/mol. The van der Waals surface area contributed by atoms with Crippen LogP contribution in [-0.2, 0) is 4.79 Å². The smallest absolute Gasteiger partial charge is 0.251 e. The second-order valence-electron chi connectivity index (χ2n) is 3.50. The first-order chi connectivity index (χ1) is 6.70. The highest BCUT2D eigenvalue weighted by atomic mass is 16.3. The Morgan fingerprint density at radius 1 is 1.64 bits per heavy atom. The maximum Gasteiger partial charge on any atom is 0.251 e. The summed E-state index contributed by atoms with van der Waals surface area (Å²) in [5.41, 5.74) is 0.972. The van der Waals surface area contributed by atoms with Crippen molar-refractivity contribution in [3.8, 4) is 0 Å². The number of carbonyl (C=O) groups excluding carboxylic acids is 1. The zero-order valence-corrected chi connectivity index (χ0v) is 7.92. The van der Waals surface area contributed by atoms with Gasteiger partial charge in [0.05, 0.1) is 6.04 Å². The third kappa shape index (κ3) is 1.37. The van der Waals surface area contributed by atoms with Crippen LogP contribution in [0, 0.1) is 0 Å². The molecule has 2 atom stereocenters. The lowest BCUT2D eigenvalue weighted by molar-refractivity contribution is -0.134. The van der Waals surface area contributed by atoms with Crippen molar-refractivity contribution in [1.29, 1.82) is 0 Å². The number of aliphatic hydroxyl groups excluding tert-OH is 1. The van der Waals surface area contributed by atoms with Crippen LogP contribution < -0.4 is 0 Å². The molecule has 1 fully saturated rings. The highest BCUT2D eigenvalue weighted by molar-refractivity contribution is 5.83. The Hall–Kier alpha value is -1.42. The molecule has 2 heterocycles. The molecule has 1 aromatic rings. The first kappa shape index (κ1) is 9.15. The minimum atomic E-state index is -0.856. The molecular formula is C10H12N2O2. The third-order valence-corrected chi connectivity index (χ3v) is 2.62. The number of carbonyl (C=O) groups is 1. The number of hydrogen-bond donors (Lipinski definition) is 1. The molecule has 1 amide bonds. The number of aromatic nitrogens is 1. The fraction of sp³-hybridized carbons (Fsp3) is 0.400. The number of aliphatic hydroxyl groups is 1. The molecule has 4 nitrogen and oxygen atoms in total. The van der Waals surface area contributed by atoms with Crippen LogP contribution in [0.2, 0.25) is 0 Å². The van der Waals surface area contributed by atoms with Crippen molar-refractivity contribution in [2.24, 2.45) is 0 Å². The largest absolute Gasteiger partial charge is 0.383 e. The summed E-state index contributed by atoms with van der Waals surface area (Å²) in [7, 11) is 1.70. The summed E-state index contributed by atoms with van der Waals surface area (Å²) in [6.07, 6.45) is 3.02. The highest BCUT2D eigenvalue weighted by Crippen LogP contribution is 2.30. The lowest BCUT2D eigenvalue weighted by Crippen LogP contribution is -2.26. The van der Waals surface area contributed by atoms with E-state index in [0.29, 0.717) is 6.42 Å². The average Bonchev–Trinajstić information content (AvgIpc) is 2.47. The Morgan fingerprint density at radius 3 is 2.93 bits per heavy atom. The quantitative estimate of drug-likeness (QED) is 0.698. The molecule has 0 aliphatic carbocycles. The average molecular weight is 192 g/mol. The fourth-order valence-electron chi connectivity index (χ4n) is 1.79. The summed E-state index contributed by atoms with van der Waals surface area (Å²) in [5.74, 6) is -0.209. The van der Waals surface area contributed by atoms with Gasteiger partial charge in [-0.1, -0.05) is 6.07 Å². The molecule has 14 heavy (non-hydrogen) atoms.